The fourth-order valence-corrected chi connectivity index (χ4v) is 7.35. The highest BCUT2D eigenvalue weighted by molar-refractivity contribution is 7.89. The summed E-state index contributed by atoms with van der Waals surface area (Å²) in [5.41, 5.74) is 0.837. The molecule has 2 N–H and O–H groups in total. The Kier molecular flexibility index (Phi) is 9.44. The minimum Gasteiger partial charge on any atom is -0.394 e. The Morgan fingerprint density at radius 3 is 2.42 bits per heavy atom. The molecule has 1 aromatic carbocycles. The third-order valence-electron chi connectivity index (χ3n) is 8.46. The lowest BCUT2D eigenvalue weighted by atomic mass is 9.87. The van der Waals surface area contributed by atoms with Crippen molar-refractivity contribution in [1.29, 1.82) is 0 Å². The monoisotopic (exact) mass is 631 g/mol. The van der Waals surface area contributed by atoms with Gasteiger partial charge in [-0.15, -0.1) is 5.10 Å². The first-order chi connectivity index (χ1) is 20.4. The quantitative estimate of drug-likeness (QED) is 0.397. The highest BCUT2D eigenvalue weighted by Crippen LogP contribution is 2.36. The van der Waals surface area contributed by atoms with Crippen LogP contribution in [0.1, 0.15) is 45.6 Å². The molecular weight excluding hydrogens is 595 g/mol. The van der Waals surface area contributed by atoms with Crippen LogP contribution >= 0.6 is 0 Å². The van der Waals surface area contributed by atoms with Crippen LogP contribution in [0, 0.1) is 23.4 Å². The van der Waals surface area contributed by atoms with E-state index in [1.807, 2.05) is 0 Å². The summed E-state index contributed by atoms with van der Waals surface area (Å²) in [5.74, 6) is -4.27. The van der Waals surface area contributed by atoms with Crippen molar-refractivity contribution in [3.8, 4) is 11.3 Å². The van der Waals surface area contributed by atoms with Crippen molar-refractivity contribution in [2.75, 3.05) is 26.8 Å². The Balaban J connectivity index is 1.27. The van der Waals surface area contributed by atoms with Crippen LogP contribution in [0.2, 0.25) is 0 Å². The molecule has 2 aromatic rings. The zero-order chi connectivity index (χ0) is 31.1. The molecule has 0 radical (unpaired) electrons. The summed E-state index contributed by atoms with van der Waals surface area (Å²) in [6.45, 7) is 3.66. The van der Waals surface area contributed by atoms with Gasteiger partial charge in [0.15, 0.2) is 17.5 Å². The molecule has 2 fully saturated rings. The predicted octanol–water partition coefficient (Wildman–Crippen LogP) is 2.02. The second kappa shape index (κ2) is 12.8. The van der Waals surface area contributed by atoms with Crippen LogP contribution in [-0.4, -0.2) is 106 Å². The van der Waals surface area contributed by atoms with E-state index in [1.54, 1.807) is 13.8 Å². The van der Waals surface area contributed by atoms with Crippen LogP contribution in [0.25, 0.3) is 11.3 Å². The molecule has 5 rings (SSSR count). The van der Waals surface area contributed by atoms with E-state index in [4.69, 9.17) is 14.3 Å². The summed E-state index contributed by atoms with van der Waals surface area (Å²) in [6.07, 6.45) is -0.741. The van der Waals surface area contributed by atoms with Gasteiger partial charge in [0.25, 0.3) is 0 Å². The van der Waals surface area contributed by atoms with Crippen LogP contribution in [0.4, 0.5) is 13.2 Å². The number of aromatic nitrogens is 3. The van der Waals surface area contributed by atoms with Crippen LogP contribution < -0.4 is 0 Å². The second-order valence-electron chi connectivity index (χ2n) is 11.4. The van der Waals surface area contributed by atoms with Gasteiger partial charge in [-0.05, 0) is 38.8 Å². The van der Waals surface area contributed by atoms with Gasteiger partial charge in [-0.3, -0.25) is 0 Å². The Bertz CT molecular complexity index is 1410. The van der Waals surface area contributed by atoms with E-state index in [2.05, 4.69) is 15.5 Å². The molecule has 0 bridgehead atoms. The van der Waals surface area contributed by atoms with Gasteiger partial charge in [0.05, 0.1) is 29.9 Å². The maximum Gasteiger partial charge on any atom is 0.216 e. The number of ether oxygens (including phenoxy) is 2. The van der Waals surface area contributed by atoms with Gasteiger partial charge in [-0.25, -0.2) is 30.6 Å². The second-order valence-corrected chi connectivity index (χ2v) is 13.9. The van der Waals surface area contributed by atoms with E-state index >= 15 is 0 Å². The van der Waals surface area contributed by atoms with E-state index in [1.165, 1.54) is 22.3 Å². The van der Waals surface area contributed by atoms with E-state index in [0.29, 0.717) is 38.8 Å². The maximum absolute atomic E-state index is 13.8. The van der Waals surface area contributed by atoms with Crippen molar-refractivity contribution in [2.24, 2.45) is 11.1 Å². The lowest BCUT2D eigenvalue weighted by Gasteiger charge is -2.44. The summed E-state index contributed by atoms with van der Waals surface area (Å²) in [5, 5.41) is 32.9. The van der Waals surface area contributed by atoms with Crippen molar-refractivity contribution < 1.29 is 46.1 Å². The molecule has 3 aliphatic rings. The average Bonchev–Trinajstić information content (AvgIpc) is 3.66. The molecule has 12 nitrogen and oxygen atoms in total. The number of oxime groups is 1. The first-order valence-electron chi connectivity index (χ1n) is 14.2. The first-order valence-corrected chi connectivity index (χ1v) is 15.7. The number of sulfonamides is 1. The number of hydrogen-bond donors (Lipinski definition) is 2. The topological polar surface area (TPSA) is 149 Å². The largest absolute Gasteiger partial charge is 0.394 e. The molecular formula is C27H36F3N5O7S. The smallest absolute Gasteiger partial charge is 0.216 e. The summed E-state index contributed by atoms with van der Waals surface area (Å²) < 4.78 is 80.7. The zero-order valence-electron chi connectivity index (χ0n) is 24.0. The van der Waals surface area contributed by atoms with E-state index in [0.717, 1.165) is 17.8 Å². The van der Waals surface area contributed by atoms with Crippen molar-refractivity contribution in [1.82, 2.24) is 19.3 Å². The molecule has 0 unspecified atom stereocenters. The first kappa shape index (κ1) is 31.8. The molecule has 3 aliphatic heterocycles. The highest BCUT2D eigenvalue weighted by atomic mass is 32.2. The number of halogens is 3. The average molecular weight is 632 g/mol. The van der Waals surface area contributed by atoms with Gasteiger partial charge in [0, 0.05) is 44.5 Å². The van der Waals surface area contributed by atoms with Crippen molar-refractivity contribution in [3.63, 3.8) is 0 Å². The number of aliphatic hydroxyl groups excluding tert-OH is 2. The molecule has 4 heterocycles. The van der Waals surface area contributed by atoms with E-state index in [-0.39, 0.29) is 23.3 Å². The van der Waals surface area contributed by atoms with Crippen molar-refractivity contribution in [2.45, 2.75) is 81.3 Å². The van der Waals surface area contributed by atoms with Crippen LogP contribution in [0.15, 0.2) is 23.5 Å². The van der Waals surface area contributed by atoms with Crippen molar-refractivity contribution >= 4 is 15.7 Å². The summed E-state index contributed by atoms with van der Waals surface area (Å²) in [7, 11) is -1.89. The number of aliphatic hydroxyl groups is 2. The molecule has 0 saturated carbocycles. The van der Waals surface area contributed by atoms with Crippen molar-refractivity contribution in [3.05, 3.63) is 35.8 Å². The Labute approximate surface area is 247 Å². The molecule has 0 spiro atoms. The van der Waals surface area contributed by atoms with Gasteiger partial charge >= 0.3 is 0 Å². The van der Waals surface area contributed by atoms with Gasteiger partial charge < -0.3 is 24.5 Å². The van der Waals surface area contributed by atoms with Gasteiger partial charge in [0.2, 0.25) is 10.0 Å². The molecule has 0 aliphatic carbocycles. The minimum absolute atomic E-state index is 0.0350. The predicted molar refractivity (Wildman–Crippen MR) is 147 cm³/mol. The van der Waals surface area contributed by atoms with Gasteiger partial charge in [-0.1, -0.05) is 10.4 Å². The van der Waals surface area contributed by atoms with E-state index in [9.17, 15) is 31.8 Å². The summed E-state index contributed by atoms with van der Waals surface area (Å²) >= 11 is 0. The van der Waals surface area contributed by atoms with Gasteiger partial charge in [-0.2, -0.15) is 0 Å². The van der Waals surface area contributed by atoms with Crippen LogP contribution in [0.3, 0.4) is 0 Å². The fraction of sp³-hybridized carbons (Fsp3) is 0.667. The third-order valence-corrected chi connectivity index (χ3v) is 10.7. The summed E-state index contributed by atoms with van der Waals surface area (Å²) in [6, 6.07) is 0.677. The molecule has 238 valence electrons. The molecule has 0 amide bonds. The number of benzene rings is 1. The molecule has 1 aromatic heterocycles. The molecule has 2 saturated heterocycles. The Morgan fingerprint density at radius 1 is 1.14 bits per heavy atom. The number of rotatable bonds is 9. The highest BCUT2D eigenvalue weighted by Gasteiger charge is 2.48. The maximum atomic E-state index is 13.8. The molecule has 43 heavy (non-hydrogen) atoms. The Hall–Kier alpha value is -2.63. The number of nitrogens with zero attached hydrogens (tertiary/aromatic N) is 5. The zero-order valence-corrected chi connectivity index (χ0v) is 24.8. The minimum atomic E-state index is -3.32. The summed E-state index contributed by atoms with van der Waals surface area (Å²) in [4.78, 5) is 5.74. The lowest BCUT2D eigenvalue weighted by molar-refractivity contribution is -0.219. The number of hydrogen-bond acceptors (Lipinski definition) is 10. The Morgan fingerprint density at radius 2 is 1.81 bits per heavy atom. The normalized spacial score (nSPS) is 29.2. The number of methoxy groups -OCH3 is 1. The standard InChI is InChI=1S/C27H36F3N5O7S/c1-14(2)43(38,39)34-6-4-15(5-7-34)20-10-17(42-32-20)11-22-27(40-3)25(26(37)23(13-36)41-22)35-12-21(31-33-35)16-8-18(28)24(30)19(29)9-16/h8-9,12,14-15,17,22-23,25-27,36-37H,4-7,10-11,13H2,1-3H3/t17-,22+,23+,25-,26-,27-/m0/s1. The lowest BCUT2D eigenvalue weighted by Crippen LogP contribution is -2.57. The van der Waals surface area contributed by atoms with Crippen LogP contribution in [0.5, 0.6) is 0 Å². The SMILES string of the molecule is CO[C@@H]1[C@@H](n2cc(-c3cc(F)c(F)c(F)c3)nn2)[C@@H](O)[C@@H](CO)O[C@@H]1C[C@@H]1CC(C2CCN(S(=O)(=O)C(C)C)CC2)=NO1. The third kappa shape index (κ3) is 6.31. The number of piperidine rings is 1. The van der Waals surface area contributed by atoms with E-state index < -0.39 is 69.8 Å². The van der Waals surface area contributed by atoms with Gasteiger partial charge in [0.1, 0.15) is 36.2 Å². The molecule has 16 heteroatoms. The van der Waals surface area contributed by atoms with Crippen LogP contribution in [-0.2, 0) is 24.3 Å². The fourth-order valence-electron chi connectivity index (χ4n) is 6.03. The molecule has 6 atom stereocenters.